The van der Waals surface area contributed by atoms with Crippen molar-refractivity contribution in [3.63, 3.8) is 0 Å². The van der Waals surface area contributed by atoms with Crippen molar-refractivity contribution in [2.75, 3.05) is 38.3 Å². The van der Waals surface area contributed by atoms with Gasteiger partial charge in [0.25, 0.3) is 5.91 Å². The van der Waals surface area contributed by atoms with Crippen molar-refractivity contribution in [2.24, 2.45) is 0 Å². The second kappa shape index (κ2) is 7.45. The monoisotopic (exact) mass is 325 g/mol. The van der Waals surface area contributed by atoms with E-state index >= 15 is 0 Å². The second-order valence-corrected chi connectivity index (χ2v) is 6.01. The first kappa shape index (κ1) is 16.5. The minimum atomic E-state index is -0.0209. The maximum Gasteiger partial charge on any atom is 0.255 e. The van der Waals surface area contributed by atoms with E-state index in [2.05, 4.69) is 9.88 Å². The summed E-state index contributed by atoms with van der Waals surface area (Å²) in [6.07, 6.45) is 1.67. The molecule has 1 atom stereocenters. The van der Waals surface area contributed by atoms with Crippen LogP contribution in [-0.4, -0.2) is 49.1 Å². The molecule has 1 aromatic heterocycles. The van der Waals surface area contributed by atoms with Gasteiger partial charge in [0, 0.05) is 26.3 Å². The van der Waals surface area contributed by atoms with Crippen LogP contribution in [0.15, 0.2) is 48.7 Å². The molecule has 5 heteroatoms. The van der Waals surface area contributed by atoms with Crippen LogP contribution in [0.2, 0.25) is 0 Å². The highest BCUT2D eigenvalue weighted by atomic mass is 16.5. The number of anilines is 1. The van der Waals surface area contributed by atoms with Gasteiger partial charge in [-0.15, -0.1) is 0 Å². The van der Waals surface area contributed by atoms with E-state index in [1.807, 2.05) is 56.4 Å². The Morgan fingerprint density at radius 1 is 1.17 bits per heavy atom. The topological polar surface area (TPSA) is 45.7 Å². The van der Waals surface area contributed by atoms with Gasteiger partial charge in [0.1, 0.15) is 5.82 Å². The van der Waals surface area contributed by atoms with Gasteiger partial charge >= 0.3 is 0 Å². The second-order valence-electron chi connectivity index (χ2n) is 6.01. The van der Waals surface area contributed by atoms with Gasteiger partial charge in [0.2, 0.25) is 0 Å². The van der Waals surface area contributed by atoms with E-state index in [9.17, 15) is 4.79 Å². The lowest BCUT2D eigenvalue weighted by Crippen LogP contribution is -2.36. The standard InChI is InChI=1S/C19H23N3O2/c1-15(16-6-4-3-5-7-16)21(2)19(23)17-8-9-18(20-14-17)22-10-12-24-13-11-22/h3-9,14-15H,10-13H2,1-2H3. The highest BCUT2D eigenvalue weighted by Crippen LogP contribution is 2.21. The van der Waals surface area contributed by atoms with Crippen LogP contribution < -0.4 is 4.90 Å². The van der Waals surface area contributed by atoms with Crippen molar-refractivity contribution >= 4 is 11.7 Å². The smallest absolute Gasteiger partial charge is 0.255 e. The first-order valence-corrected chi connectivity index (χ1v) is 8.27. The molecule has 0 bridgehead atoms. The lowest BCUT2D eigenvalue weighted by Gasteiger charge is -2.28. The first-order valence-electron chi connectivity index (χ1n) is 8.27. The number of carbonyl (C=O) groups excluding carboxylic acids is 1. The molecule has 126 valence electrons. The molecule has 1 unspecified atom stereocenters. The van der Waals surface area contributed by atoms with Crippen molar-refractivity contribution in [1.29, 1.82) is 0 Å². The molecule has 0 saturated carbocycles. The van der Waals surface area contributed by atoms with Crippen LogP contribution in [0.4, 0.5) is 5.82 Å². The van der Waals surface area contributed by atoms with E-state index in [0.717, 1.165) is 37.7 Å². The van der Waals surface area contributed by atoms with Crippen LogP contribution in [0.1, 0.15) is 28.9 Å². The van der Waals surface area contributed by atoms with Crippen molar-refractivity contribution in [3.8, 4) is 0 Å². The Hall–Kier alpha value is -2.40. The molecule has 5 nitrogen and oxygen atoms in total. The lowest BCUT2D eigenvalue weighted by molar-refractivity contribution is 0.0742. The average molecular weight is 325 g/mol. The molecule has 1 amide bonds. The summed E-state index contributed by atoms with van der Waals surface area (Å²) >= 11 is 0. The number of rotatable bonds is 4. The molecular formula is C19H23N3O2. The Morgan fingerprint density at radius 3 is 2.50 bits per heavy atom. The fourth-order valence-electron chi connectivity index (χ4n) is 2.83. The molecule has 0 radical (unpaired) electrons. The van der Waals surface area contributed by atoms with Crippen LogP contribution in [0.5, 0.6) is 0 Å². The van der Waals surface area contributed by atoms with E-state index < -0.39 is 0 Å². The number of ether oxygens (including phenoxy) is 1. The number of hydrogen-bond acceptors (Lipinski definition) is 4. The van der Waals surface area contributed by atoms with Gasteiger partial charge in [-0.3, -0.25) is 4.79 Å². The summed E-state index contributed by atoms with van der Waals surface area (Å²) < 4.78 is 5.35. The number of morpholine rings is 1. The predicted octanol–water partition coefficient (Wildman–Crippen LogP) is 2.75. The van der Waals surface area contributed by atoms with Crippen molar-refractivity contribution in [3.05, 3.63) is 59.8 Å². The summed E-state index contributed by atoms with van der Waals surface area (Å²) in [5, 5.41) is 0. The maximum absolute atomic E-state index is 12.7. The van der Waals surface area contributed by atoms with E-state index in [-0.39, 0.29) is 11.9 Å². The molecule has 2 aromatic rings. The van der Waals surface area contributed by atoms with Gasteiger partial charge in [-0.25, -0.2) is 4.98 Å². The molecule has 1 fully saturated rings. The van der Waals surface area contributed by atoms with E-state index in [0.29, 0.717) is 5.56 Å². The number of nitrogens with zero attached hydrogens (tertiary/aromatic N) is 3. The molecule has 3 rings (SSSR count). The highest BCUT2D eigenvalue weighted by molar-refractivity contribution is 5.94. The van der Waals surface area contributed by atoms with Gasteiger partial charge in [0.05, 0.1) is 24.8 Å². The molecule has 2 heterocycles. The van der Waals surface area contributed by atoms with Crippen molar-refractivity contribution in [2.45, 2.75) is 13.0 Å². The van der Waals surface area contributed by atoms with E-state index in [4.69, 9.17) is 4.74 Å². The van der Waals surface area contributed by atoms with Gasteiger partial charge in [-0.05, 0) is 24.6 Å². The van der Waals surface area contributed by atoms with Crippen LogP contribution in [-0.2, 0) is 4.74 Å². The molecule has 1 aromatic carbocycles. The Balaban J connectivity index is 1.70. The number of hydrogen-bond donors (Lipinski definition) is 0. The normalized spacial score (nSPS) is 15.8. The molecule has 1 aliphatic heterocycles. The summed E-state index contributed by atoms with van der Waals surface area (Å²) in [5.74, 6) is 0.876. The van der Waals surface area contributed by atoms with Crippen molar-refractivity contribution in [1.82, 2.24) is 9.88 Å². The third-order valence-electron chi connectivity index (χ3n) is 4.51. The van der Waals surface area contributed by atoms with Gasteiger partial charge < -0.3 is 14.5 Å². The Bertz CT molecular complexity index is 667. The summed E-state index contributed by atoms with van der Waals surface area (Å²) in [6, 6.07) is 13.8. The third kappa shape index (κ3) is 3.57. The zero-order valence-electron chi connectivity index (χ0n) is 14.2. The van der Waals surface area contributed by atoms with Crippen LogP contribution in [0.3, 0.4) is 0 Å². The quantitative estimate of drug-likeness (QED) is 0.867. The van der Waals surface area contributed by atoms with Gasteiger partial charge in [0.15, 0.2) is 0 Å². The van der Waals surface area contributed by atoms with Gasteiger partial charge in [-0.2, -0.15) is 0 Å². The lowest BCUT2D eigenvalue weighted by atomic mass is 10.1. The predicted molar refractivity (Wildman–Crippen MR) is 94.2 cm³/mol. The molecule has 0 N–H and O–H groups in total. The SMILES string of the molecule is CC(c1ccccc1)N(C)C(=O)c1ccc(N2CCOCC2)nc1. The molecule has 0 aliphatic carbocycles. The minimum Gasteiger partial charge on any atom is -0.378 e. The molecule has 1 saturated heterocycles. The Labute approximate surface area is 142 Å². The fourth-order valence-corrected chi connectivity index (χ4v) is 2.83. The molecule has 24 heavy (non-hydrogen) atoms. The summed E-state index contributed by atoms with van der Waals surface area (Å²) in [5.41, 5.74) is 1.73. The minimum absolute atomic E-state index is 0.0117. The molecule has 0 spiro atoms. The van der Waals surface area contributed by atoms with Crippen LogP contribution in [0.25, 0.3) is 0 Å². The summed E-state index contributed by atoms with van der Waals surface area (Å²) in [7, 11) is 1.83. The van der Waals surface area contributed by atoms with Crippen LogP contribution in [0, 0.1) is 0 Å². The fraction of sp³-hybridized carbons (Fsp3) is 0.368. The number of carbonyl (C=O) groups is 1. The maximum atomic E-state index is 12.7. The van der Waals surface area contributed by atoms with E-state index in [1.54, 1.807) is 11.1 Å². The zero-order valence-corrected chi connectivity index (χ0v) is 14.2. The number of aromatic nitrogens is 1. The Kier molecular flexibility index (Phi) is 5.11. The van der Waals surface area contributed by atoms with Crippen LogP contribution >= 0.6 is 0 Å². The van der Waals surface area contributed by atoms with Gasteiger partial charge in [-0.1, -0.05) is 30.3 Å². The molecule has 1 aliphatic rings. The first-order chi connectivity index (χ1) is 11.7. The molecular weight excluding hydrogens is 302 g/mol. The average Bonchev–Trinajstić information content (AvgIpc) is 2.68. The highest BCUT2D eigenvalue weighted by Gasteiger charge is 2.20. The number of amides is 1. The Morgan fingerprint density at radius 2 is 1.88 bits per heavy atom. The largest absolute Gasteiger partial charge is 0.378 e. The number of benzene rings is 1. The summed E-state index contributed by atoms with van der Waals surface area (Å²) in [4.78, 5) is 21.1. The summed E-state index contributed by atoms with van der Waals surface area (Å²) in [6.45, 7) is 5.15. The van der Waals surface area contributed by atoms with Crippen molar-refractivity contribution < 1.29 is 9.53 Å². The number of pyridine rings is 1. The third-order valence-corrected chi connectivity index (χ3v) is 4.51. The van der Waals surface area contributed by atoms with E-state index in [1.165, 1.54) is 0 Å². The zero-order chi connectivity index (χ0) is 16.9.